The predicted octanol–water partition coefficient (Wildman–Crippen LogP) is 2.09. The number of Topliss-reactive ketones (excluding diaryl/α,β-unsaturated/α-hetero) is 1. The number of allylic oxidation sites excluding steroid dienone is 1. The summed E-state index contributed by atoms with van der Waals surface area (Å²) in [5.41, 5.74) is 0.353. The van der Waals surface area contributed by atoms with Gasteiger partial charge >= 0.3 is 0 Å². The first-order chi connectivity index (χ1) is 8.05. The van der Waals surface area contributed by atoms with Crippen LogP contribution >= 0.6 is 0 Å². The molecule has 3 heteroatoms. The van der Waals surface area contributed by atoms with Crippen molar-refractivity contribution in [3.8, 4) is 0 Å². The Morgan fingerprint density at radius 2 is 2.47 bits per heavy atom. The highest BCUT2D eigenvalue weighted by atomic mass is 16.7. The van der Waals surface area contributed by atoms with E-state index < -0.39 is 11.2 Å². The maximum atomic E-state index is 12.4. The first-order valence-electron chi connectivity index (χ1n) is 6.17. The van der Waals surface area contributed by atoms with Crippen LogP contribution in [0.15, 0.2) is 24.3 Å². The first kappa shape index (κ1) is 11.2. The quantitative estimate of drug-likeness (QED) is 0.701. The molecule has 0 aromatic rings. The van der Waals surface area contributed by atoms with Gasteiger partial charge in [0.1, 0.15) is 0 Å². The largest absolute Gasteiger partial charge is 0.348 e. The first-order valence-corrected chi connectivity index (χ1v) is 6.17. The topological polar surface area (TPSA) is 35.5 Å². The molecule has 92 valence electrons. The molecular formula is C14H18O3. The van der Waals surface area contributed by atoms with E-state index in [9.17, 15) is 4.79 Å². The molecule has 2 aliphatic carbocycles. The molecule has 17 heavy (non-hydrogen) atoms. The molecule has 1 heterocycles. The molecule has 4 bridgehead atoms. The lowest BCUT2D eigenvalue weighted by Crippen LogP contribution is -2.56. The van der Waals surface area contributed by atoms with E-state index in [0.717, 1.165) is 12.0 Å². The van der Waals surface area contributed by atoms with E-state index in [-0.39, 0.29) is 11.7 Å². The SMILES string of the molecule is C=CCOC12OCC3CC1(C)C(=O)C(C)=CC32. The summed E-state index contributed by atoms with van der Waals surface area (Å²) in [5, 5.41) is 0. The van der Waals surface area contributed by atoms with Gasteiger partial charge in [-0.3, -0.25) is 4.79 Å². The van der Waals surface area contributed by atoms with Gasteiger partial charge in [0, 0.05) is 5.92 Å². The Labute approximate surface area is 101 Å². The van der Waals surface area contributed by atoms with Gasteiger partial charge in [-0.05, 0) is 31.8 Å². The number of hydrogen-bond donors (Lipinski definition) is 0. The summed E-state index contributed by atoms with van der Waals surface area (Å²) in [5.74, 6) is 0.0963. The van der Waals surface area contributed by atoms with Crippen molar-refractivity contribution in [2.75, 3.05) is 13.2 Å². The van der Waals surface area contributed by atoms with Gasteiger partial charge in [0.2, 0.25) is 0 Å². The van der Waals surface area contributed by atoms with Gasteiger partial charge in [0.05, 0.1) is 18.6 Å². The van der Waals surface area contributed by atoms with Crippen LogP contribution in [-0.4, -0.2) is 24.8 Å². The Bertz CT molecular complexity index is 425. The molecule has 0 amide bonds. The van der Waals surface area contributed by atoms with E-state index in [1.54, 1.807) is 6.08 Å². The second kappa shape index (κ2) is 3.30. The third-order valence-corrected chi connectivity index (χ3v) is 4.60. The molecule has 3 aliphatic rings. The van der Waals surface area contributed by atoms with Crippen molar-refractivity contribution < 1.29 is 14.3 Å². The van der Waals surface area contributed by atoms with Crippen LogP contribution in [0.25, 0.3) is 0 Å². The Hall–Kier alpha value is -0.930. The molecule has 1 aliphatic heterocycles. The van der Waals surface area contributed by atoms with Crippen molar-refractivity contribution in [3.05, 3.63) is 24.3 Å². The van der Waals surface area contributed by atoms with E-state index >= 15 is 0 Å². The number of hydrogen-bond acceptors (Lipinski definition) is 3. The van der Waals surface area contributed by atoms with Crippen LogP contribution in [0.3, 0.4) is 0 Å². The van der Waals surface area contributed by atoms with Gasteiger partial charge in [-0.15, -0.1) is 6.58 Å². The minimum atomic E-state index is -0.734. The molecule has 2 fully saturated rings. The maximum Gasteiger partial charge on any atom is 0.187 e. The lowest BCUT2D eigenvalue weighted by atomic mass is 9.71. The third-order valence-electron chi connectivity index (χ3n) is 4.60. The van der Waals surface area contributed by atoms with E-state index in [4.69, 9.17) is 9.47 Å². The number of ether oxygens (including phenoxy) is 2. The Morgan fingerprint density at radius 3 is 3.18 bits per heavy atom. The van der Waals surface area contributed by atoms with Crippen LogP contribution in [0.5, 0.6) is 0 Å². The van der Waals surface area contributed by atoms with Crippen molar-refractivity contribution in [1.29, 1.82) is 0 Å². The van der Waals surface area contributed by atoms with Gasteiger partial charge < -0.3 is 9.47 Å². The highest BCUT2D eigenvalue weighted by Gasteiger charge is 2.72. The second-order valence-electron chi connectivity index (χ2n) is 5.58. The summed E-state index contributed by atoms with van der Waals surface area (Å²) < 4.78 is 11.8. The highest BCUT2D eigenvalue weighted by molar-refractivity contribution is 6.01. The van der Waals surface area contributed by atoms with Crippen LogP contribution in [0.2, 0.25) is 0 Å². The Balaban J connectivity index is 2.08. The van der Waals surface area contributed by atoms with Gasteiger partial charge in [-0.25, -0.2) is 0 Å². The van der Waals surface area contributed by atoms with Gasteiger partial charge in [-0.2, -0.15) is 0 Å². The van der Waals surface area contributed by atoms with E-state index in [2.05, 4.69) is 12.7 Å². The summed E-state index contributed by atoms with van der Waals surface area (Å²) in [6.07, 6.45) is 4.64. The number of rotatable bonds is 3. The lowest BCUT2D eigenvalue weighted by Gasteiger charge is -2.45. The molecule has 3 nitrogen and oxygen atoms in total. The Kier molecular flexibility index (Phi) is 2.17. The Morgan fingerprint density at radius 1 is 1.71 bits per heavy atom. The average molecular weight is 234 g/mol. The lowest BCUT2D eigenvalue weighted by molar-refractivity contribution is -0.273. The monoisotopic (exact) mass is 234 g/mol. The average Bonchev–Trinajstić information content (AvgIpc) is 2.72. The summed E-state index contributed by atoms with van der Waals surface area (Å²) in [6, 6.07) is 0. The van der Waals surface area contributed by atoms with Crippen molar-refractivity contribution in [2.24, 2.45) is 17.3 Å². The molecular weight excluding hydrogens is 216 g/mol. The molecule has 0 radical (unpaired) electrons. The zero-order valence-corrected chi connectivity index (χ0v) is 10.4. The summed E-state index contributed by atoms with van der Waals surface area (Å²) in [4.78, 5) is 12.4. The smallest absolute Gasteiger partial charge is 0.187 e. The molecule has 0 N–H and O–H groups in total. The molecule has 4 atom stereocenters. The van der Waals surface area contributed by atoms with Crippen molar-refractivity contribution in [1.82, 2.24) is 0 Å². The van der Waals surface area contributed by atoms with Crippen LogP contribution < -0.4 is 0 Å². The van der Waals surface area contributed by atoms with Crippen LogP contribution in [0.4, 0.5) is 0 Å². The van der Waals surface area contributed by atoms with E-state index in [1.807, 2.05) is 13.8 Å². The van der Waals surface area contributed by atoms with Crippen molar-refractivity contribution >= 4 is 5.78 Å². The number of carbonyl (C=O) groups excluding carboxylic acids is 1. The molecule has 1 saturated carbocycles. The summed E-state index contributed by atoms with van der Waals surface area (Å²) >= 11 is 0. The summed E-state index contributed by atoms with van der Waals surface area (Å²) in [6.45, 7) is 8.69. The van der Waals surface area contributed by atoms with Crippen molar-refractivity contribution in [2.45, 2.75) is 26.1 Å². The van der Waals surface area contributed by atoms with Crippen molar-refractivity contribution in [3.63, 3.8) is 0 Å². The van der Waals surface area contributed by atoms with E-state index in [1.165, 1.54) is 0 Å². The standard InChI is InChI=1S/C14H18O3/c1-4-5-16-14-11-6-9(2)12(15)13(14,3)7-10(11)8-17-14/h4,6,10-11H,1,5,7-8H2,2-3H3. The van der Waals surface area contributed by atoms with Crippen LogP contribution in [0, 0.1) is 17.3 Å². The molecule has 3 rings (SSSR count). The second-order valence-corrected chi connectivity index (χ2v) is 5.58. The minimum absolute atomic E-state index is 0.181. The van der Waals surface area contributed by atoms with Crippen LogP contribution in [0.1, 0.15) is 20.3 Å². The fourth-order valence-corrected chi connectivity index (χ4v) is 3.88. The van der Waals surface area contributed by atoms with Gasteiger partial charge in [-0.1, -0.05) is 12.2 Å². The fraction of sp³-hybridized carbons (Fsp3) is 0.643. The number of ketones is 1. The third kappa shape index (κ3) is 1.11. The highest BCUT2D eigenvalue weighted by Crippen LogP contribution is 2.64. The molecule has 0 aromatic heterocycles. The van der Waals surface area contributed by atoms with E-state index in [0.29, 0.717) is 19.1 Å². The van der Waals surface area contributed by atoms with Crippen LogP contribution in [-0.2, 0) is 14.3 Å². The molecule has 0 spiro atoms. The molecule has 0 aromatic carbocycles. The zero-order chi connectivity index (χ0) is 12.3. The maximum absolute atomic E-state index is 12.4. The molecule has 4 unspecified atom stereocenters. The molecule has 1 saturated heterocycles. The predicted molar refractivity (Wildman–Crippen MR) is 63.3 cm³/mol. The normalized spacial score (nSPS) is 47.2. The minimum Gasteiger partial charge on any atom is -0.348 e. The number of carbonyl (C=O) groups is 1. The van der Waals surface area contributed by atoms with Gasteiger partial charge in [0.15, 0.2) is 11.6 Å². The van der Waals surface area contributed by atoms with Gasteiger partial charge in [0.25, 0.3) is 0 Å². The fourth-order valence-electron chi connectivity index (χ4n) is 3.88. The zero-order valence-electron chi connectivity index (χ0n) is 10.4. The summed E-state index contributed by atoms with van der Waals surface area (Å²) in [7, 11) is 0.